The fraction of sp³-hybridized carbons (Fsp3) is 0. The second-order valence-corrected chi connectivity index (χ2v) is 2.12. The third kappa shape index (κ3) is 262. The largest absolute Gasteiger partial charge is 2.00 e. The molecule has 0 bridgehead atoms. The van der Waals surface area contributed by atoms with E-state index in [0.29, 0.717) is 0 Å². The SMILES string of the molecule is O=[Se](=O)([O-])[O-].[Mg+2].[NH4+]. The first-order chi connectivity index (χ1) is 2.00. The average molecular weight is 185 g/mol. The van der Waals surface area contributed by atoms with E-state index in [4.69, 9.17) is 16.0 Å². The van der Waals surface area contributed by atoms with Crippen LogP contribution in [0.1, 0.15) is 0 Å². The van der Waals surface area contributed by atoms with Gasteiger partial charge in [-0.25, -0.2) is 0 Å². The van der Waals surface area contributed by atoms with Crippen LogP contribution < -0.4 is 14.5 Å². The van der Waals surface area contributed by atoms with Gasteiger partial charge in [0.05, 0.1) is 0 Å². The maximum Gasteiger partial charge on any atom is 2.00 e. The third-order valence-electron chi connectivity index (χ3n) is 0. The molecule has 5 nitrogen and oxygen atoms in total. The van der Waals surface area contributed by atoms with Gasteiger partial charge in [-0.05, 0) is 0 Å². The third-order valence-corrected chi connectivity index (χ3v) is 0. The zero-order valence-corrected chi connectivity index (χ0v) is 6.88. The van der Waals surface area contributed by atoms with Crippen LogP contribution in [0.3, 0.4) is 0 Å². The first kappa shape index (κ1) is 15.7. The Balaban J connectivity index is -0.0000000800. The number of hydrogen-bond donors (Lipinski definition) is 1. The van der Waals surface area contributed by atoms with Crippen molar-refractivity contribution in [1.29, 1.82) is 0 Å². The summed E-state index contributed by atoms with van der Waals surface area (Å²) in [5.41, 5.74) is 0. The van der Waals surface area contributed by atoms with E-state index in [2.05, 4.69) is 0 Å². The molecular weight excluding hydrogens is 181 g/mol. The summed E-state index contributed by atoms with van der Waals surface area (Å²) in [4.78, 5) is 0. The molecule has 0 fully saturated rings. The Morgan fingerprint density at radius 1 is 1.14 bits per heavy atom. The molecule has 0 spiro atoms. The minimum absolute atomic E-state index is 0. The van der Waals surface area contributed by atoms with Crippen LogP contribution in [0.5, 0.6) is 0 Å². The van der Waals surface area contributed by atoms with Crippen LogP contribution in [-0.4, -0.2) is 36.4 Å². The zero-order chi connectivity index (χ0) is 4.50. The summed E-state index contributed by atoms with van der Waals surface area (Å²) in [7, 11) is 0. The monoisotopic (exact) mass is 186 g/mol. The van der Waals surface area contributed by atoms with Crippen LogP contribution in [0.4, 0.5) is 0 Å². The van der Waals surface area contributed by atoms with E-state index in [1.165, 1.54) is 0 Å². The molecule has 0 aromatic heterocycles. The Labute approximate surface area is 58.7 Å². The fourth-order valence-corrected chi connectivity index (χ4v) is 0. The molecule has 0 atom stereocenters. The Morgan fingerprint density at radius 2 is 1.14 bits per heavy atom. The van der Waals surface area contributed by atoms with Crippen LogP contribution in [0.15, 0.2) is 0 Å². The molecule has 0 unspecified atom stereocenters. The maximum absolute atomic E-state index is 8.59. The summed E-state index contributed by atoms with van der Waals surface area (Å²) in [6.45, 7) is 0. The van der Waals surface area contributed by atoms with Crippen molar-refractivity contribution in [2.75, 3.05) is 0 Å². The molecule has 7 heavy (non-hydrogen) atoms. The molecule has 4 N–H and O–H groups in total. The van der Waals surface area contributed by atoms with Gasteiger partial charge in [0.25, 0.3) is 0 Å². The topological polar surface area (TPSA) is 117 Å². The predicted molar refractivity (Wildman–Crippen MR) is 18.9 cm³/mol. The number of rotatable bonds is 0. The van der Waals surface area contributed by atoms with E-state index in [-0.39, 0.29) is 29.2 Å². The Morgan fingerprint density at radius 3 is 1.14 bits per heavy atom. The van der Waals surface area contributed by atoms with E-state index >= 15 is 0 Å². The second kappa shape index (κ2) is 4.91. The summed E-state index contributed by atoms with van der Waals surface area (Å²) in [5, 5.41) is 0. The Kier molecular flexibility index (Phi) is 11.0. The summed E-state index contributed by atoms with van der Waals surface area (Å²) in [5.74, 6) is 0. The van der Waals surface area contributed by atoms with Gasteiger partial charge in [-0.3, -0.25) is 0 Å². The van der Waals surface area contributed by atoms with Crippen LogP contribution in [0, 0.1) is 0 Å². The van der Waals surface area contributed by atoms with Crippen LogP contribution >= 0.6 is 0 Å². The van der Waals surface area contributed by atoms with E-state index in [0.717, 1.165) is 0 Å². The molecule has 0 aliphatic rings. The van der Waals surface area contributed by atoms with E-state index < -0.39 is 13.4 Å². The molecule has 0 aromatic rings. The second-order valence-electron chi connectivity index (χ2n) is 0.408. The minimum Gasteiger partial charge on any atom is -0.369 e. The van der Waals surface area contributed by atoms with E-state index in [1.54, 1.807) is 0 Å². The van der Waals surface area contributed by atoms with Gasteiger partial charge in [0, 0.05) is 0 Å². The van der Waals surface area contributed by atoms with Crippen LogP contribution in [0.25, 0.3) is 0 Å². The molecule has 0 heterocycles. The number of quaternary nitrogens is 1. The fourth-order valence-electron chi connectivity index (χ4n) is 0. The average Bonchev–Trinajstić information content (AvgIpc) is 0.722. The van der Waals surface area contributed by atoms with Crippen molar-refractivity contribution in [3.8, 4) is 0 Å². The maximum atomic E-state index is 8.59. The molecule has 0 aromatic carbocycles. The predicted octanol–water partition coefficient (Wildman–Crippen LogP) is -3.00. The summed E-state index contributed by atoms with van der Waals surface area (Å²) >= 11 is -5.75. The van der Waals surface area contributed by atoms with Gasteiger partial charge in [-0.15, -0.1) is 0 Å². The van der Waals surface area contributed by atoms with Crippen molar-refractivity contribution in [2.24, 2.45) is 0 Å². The smallest absolute Gasteiger partial charge is 0.369 e. The van der Waals surface area contributed by atoms with Crippen molar-refractivity contribution < 1.29 is 16.0 Å². The van der Waals surface area contributed by atoms with Gasteiger partial charge in [0.2, 0.25) is 0 Å². The van der Waals surface area contributed by atoms with Crippen molar-refractivity contribution in [2.45, 2.75) is 0 Å². The van der Waals surface area contributed by atoms with E-state index in [9.17, 15) is 0 Å². The van der Waals surface area contributed by atoms with Gasteiger partial charge >= 0.3 is 52.5 Å². The number of hydrogen-bond acceptors (Lipinski definition) is 4. The summed E-state index contributed by atoms with van der Waals surface area (Å²) < 4.78 is 34.4. The van der Waals surface area contributed by atoms with Gasteiger partial charge in [-0.2, -0.15) is 0 Å². The van der Waals surface area contributed by atoms with Crippen molar-refractivity contribution in [3.05, 3.63) is 0 Å². The van der Waals surface area contributed by atoms with Gasteiger partial charge < -0.3 is 6.15 Å². The molecule has 0 aliphatic carbocycles. The van der Waals surface area contributed by atoms with Crippen LogP contribution in [0.2, 0.25) is 0 Å². The molecule has 0 rings (SSSR count). The van der Waals surface area contributed by atoms with Gasteiger partial charge in [-0.1, -0.05) is 0 Å². The molecule has 40 valence electrons. The van der Waals surface area contributed by atoms with Crippen molar-refractivity contribution in [1.82, 2.24) is 6.15 Å². The quantitative estimate of drug-likeness (QED) is 0.405. The van der Waals surface area contributed by atoms with Gasteiger partial charge in [0.15, 0.2) is 0 Å². The Bertz CT molecular complexity index is 94.9. The Hall–Kier alpha value is 0.766. The minimum atomic E-state index is -5.75. The first-order valence-electron chi connectivity index (χ1n) is 0.667. The molecule has 0 aliphatic heterocycles. The zero-order valence-electron chi connectivity index (χ0n) is 3.75. The van der Waals surface area contributed by atoms with Crippen LogP contribution in [-0.2, 0) is 7.67 Å². The standard InChI is InChI=1S/Mg.H3N.H2O4Se/c;;1-5(2,3)4/h;1H3;(H2,1,2,3,4)/q+2;;/p-1. The molecule has 7 heteroatoms. The summed E-state index contributed by atoms with van der Waals surface area (Å²) in [6.07, 6.45) is 0. The molecule has 0 radical (unpaired) electrons. The van der Waals surface area contributed by atoms with Gasteiger partial charge in [0.1, 0.15) is 0 Å². The van der Waals surface area contributed by atoms with E-state index in [1.807, 2.05) is 0 Å². The summed E-state index contributed by atoms with van der Waals surface area (Å²) in [6, 6.07) is 0. The first-order valence-corrected chi connectivity index (χ1v) is 3.46. The van der Waals surface area contributed by atoms with Crippen molar-refractivity contribution >= 4 is 36.4 Å². The molecule has 0 saturated heterocycles. The normalized spacial score (nSPS) is 8.29. The molecule has 0 saturated carbocycles. The molecule has 0 amide bonds. The van der Waals surface area contributed by atoms with Crippen molar-refractivity contribution in [3.63, 3.8) is 0 Å². The molecular formula is H4MgNO4Se+.